The minimum Gasteiger partial charge on any atom is -0.494 e. The van der Waals surface area contributed by atoms with E-state index in [0.717, 1.165) is 4.88 Å². The quantitative estimate of drug-likeness (QED) is 0.208. The Morgan fingerprint density at radius 1 is 1.15 bits per heavy atom. The Morgan fingerprint density at radius 2 is 1.94 bits per heavy atom. The van der Waals surface area contributed by atoms with Gasteiger partial charge in [0, 0.05) is 11.5 Å². The smallest absolute Gasteiger partial charge is 0.339 e. The number of para-hydroxylation sites is 1. The van der Waals surface area contributed by atoms with Gasteiger partial charge in [-0.15, -0.1) is 11.3 Å². The summed E-state index contributed by atoms with van der Waals surface area (Å²) in [5.41, 5.74) is 1.43. The van der Waals surface area contributed by atoms with E-state index in [2.05, 4.69) is 10.3 Å². The first-order valence-electron chi connectivity index (χ1n) is 9.80. The molecule has 0 aliphatic carbocycles. The lowest BCUT2D eigenvalue weighted by molar-refractivity contribution is -0.384. The fraction of sp³-hybridized carbons (Fsp3) is 0.0870. The Labute approximate surface area is 202 Å². The number of nitrogens with zero attached hydrogens (tertiary/aromatic N) is 2. The standard InChI is InChI=1S/C23H16ClN3O6S/c1-32-19-10-13(27(30)31)6-7-17(19)26-22(28)12-33-23(29)15-11-18(20-8-9-21(24)34-20)25-16-5-3-2-4-14(15)16/h2-11H,12H2,1H3,(H,26,28). The van der Waals surface area contributed by atoms with Crippen LogP contribution in [0.5, 0.6) is 5.75 Å². The van der Waals surface area contributed by atoms with Crippen LogP contribution in [0.25, 0.3) is 21.5 Å². The molecule has 11 heteroatoms. The number of anilines is 1. The first-order chi connectivity index (χ1) is 16.4. The third-order valence-corrected chi connectivity index (χ3v) is 6.02. The molecule has 1 amide bonds. The van der Waals surface area contributed by atoms with Crippen molar-refractivity contribution in [1.29, 1.82) is 0 Å². The average molecular weight is 498 g/mol. The highest BCUT2D eigenvalue weighted by molar-refractivity contribution is 7.19. The molecular weight excluding hydrogens is 482 g/mol. The number of benzene rings is 2. The van der Waals surface area contributed by atoms with Crippen LogP contribution in [0.2, 0.25) is 4.34 Å². The second-order valence-corrected chi connectivity index (χ2v) is 8.66. The van der Waals surface area contributed by atoms with Crippen molar-refractivity contribution in [1.82, 2.24) is 4.98 Å². The number of hydrogen-bond donors (Lipinski definition) is 1. The van der Waals surface area contributed by atoms with Crippen LogP contribution in [-0.2, 0) is 9.53 Å². The molecule has 2 heterocycles. The van der Waals surface area contributed by atoms with Gasteiger partial charge in [0.1, 0.15) is 5.75 Å². The molecule has 9 nitrogen and oxygen atoms in total. The number of rotatable bonds is 7. The number of carbonyl (C=O) groups excluding carboxylic acids is 2. The molecule has 0 fully saturated rings. The maximum Gasteiger partial charge on any atom is 0.339 e. The zero-order valence-corrected chi connectivity index (χ0v) is 19.2. The molecule has 0 spiro atoms. The molecule has 172 valence electrons. The van der Waals surface area contributed by atoms with Crippen molar-refractivity contribution in [3.63, 3.8) is 0 Å². The summed E-state index contributed by atoms with van der Waals surface area (Å²) in [7, 11) is 1.32. The van der Waals surface area contributed by atoms with E-state index in [1.165, 1.54) is 36.6 Å². The van der Waals surface area contributed by atoms with Crippen molar-refractivity contribution in [3.8, 4) is 16.3 Å². The molecule has 4 aromatic rings. The van der Waals surface area contributed by atoms with Gasteiger partial charge in [0.25, 0.3) is 11.6 Å². The summed E-state index contributed by atoms with van der Waals surface area (Å²) in [6, 6.07) is 16.0. The van der Waals surface area contributed by atoms with Gasteiger partial charge >= 0.3 is 5.97 Å². The van der Waals surface area contributed by atoms with E-state index in [4.69, 9.17) is 21.1 Å². The van der Waals surface area contributed by atoms with Crippen LogP contribution in [0.1, 0.15) is 10.4 Å². The molecule has 0 atom stereocenters. The summed E-state index contributed by atoms with van der Waals surface area (Å²) < 4.78 is 10.9. The first kappa shape index (κ1) is 23.1. The van der Waals surface area contributed by atoms with Crippen LogP contribution < -0.4 is 10.1 Å². The SMILES string of the molecule is COc1cc([N+](=O)[O-])ccc1NC(=O)COC(=O)c1cc(-c2ccc(Cl)s2)nc2ccccc12. The predicted molar refractivity (Wildman–Crippen MR) is 129 cm³/mol. The number of nitro groups is 1. The van der Waals surface area contributed by atoms with Crippen molar-refractivity contribution >= 4 is 57.1 Å². The van der Waals surface area contributed by atoms with Crippen LogP contribution in [0.4, 0.5) is 11.4 Å². The number of fused-ring (bicyclic) bond motifs is 1. The number of aromatic nitrogens is 1. The molecule has 1 N–H and O–H groups in total. The Bertz CT molecular complexity index is 1420. The van der Waals surface area contributed by atoms with Crippen LogP contribution in [0, 0.1) is 10.1 Å². The van der Waals surface area contributed by atoms with Gasteiger partial charge in [0.2, 0.25) is 0 Å². The van der Waals surface area contributed by atoms with Crippen LogP contribution in [0.15, 0.2) is 60.7 Å². The van der Waals surface area contributed by atoms with Gasteiger partial charge in [-0.25, -0.2) is 9.78 Å². The highest BCUT2D eigenvalue weighted by Crippen LogP contribution is 2.33. The van der Waals surface area contributed by atoms with E-state index in [-0.39, 0.29) is 22.7 Å². The van der Waals surface area contributed by atoms with Crippen molar-refractivity contribution in [2.24, 2.45) is 0 Å². The number of thiophene rings is 1. The predicted octanol–water partition coefficient (Wildman–Crippen LogP) is 5.33. The number of ether oxygens (including phenoxy) is 2. The first-order valence-corrected chi connectivity index (χ1v) is 11.0. The lowest BCUT2D eigenvalue weighted by Gasteiger charge is -2.11. The zero-order chi connectivity index (χ0) is 24.2. The van der Waals surface area contributed by atoms with E-state index >= 15 is 0 Å². The molecular formula is C23H16ClN3O6S. The number of hydrogen-bond acceptors (Lipinski definition) is 8. The Morgan fingerprint density at radius 3 is 2.65 bits per heavy atom. The Kier molecular flexibility index (Phi) is 6.71. The van der Waals surface area contributed by atoms with Gasteiger partial charge in [-0.3, -0.25) is 14.9 Å². The second kappa shape index (κ2) is 9.86. The Hall–Kier alpha value is -4.02. The number of esters is 1. The molecule has 34 heavy (non-hydrogen) atoms. The third-order valence-electron chi connectivity index (χ3n) is 4.77. The topological polar surface area (TPSA) is 121 Å². The molecule has 0 aliphatic rings. The number of carbonyl (C=O) groups is 2. The van der Waals surface area contributed by atoms with E-state index in [1.807, 2.05) is 6.07 Å². The fourth-order valence-corrected chi connectivity index (χ4v) is 4.22. The van der Waals surface area contributed by atoms with Crippen molar-refractivity contribution < 1.29 is 24.0 Å². The lowest BCUT2D eigenvalue weighted by Crippen LogP contribution is -2.21. The minimum atomic E-state index is -0.701. The molecule has 2 aromatic carbocycles. The van der Waals surface area contributed by atoms with E-state index in [9.17, 15) is 19.7 Å². The van der Waals surface area contributed by atoms with Gasteiger partial charge in [-0.1, -0.05) is 29.8 Å². The second-order valence-electron chi connectivity index (χ2n) is 6.94. The minimum absolute atomic E-state index is 0.105. The number of non-ortho nitro benzene ring substituents is 1. The summed E-state index contributed by atoms with van der Waals surface area (Å²) in [6.07, 6.45) is 0. The molecule has 4 rings (SSSR count). The van der Waals surface area contributed by atoms with Crippen molar-refractivity contribution in [3.05, 3.63) is 80.7 Å². The number of amides is 1. The summed E-state index contributed by atoms with van der Waals surface area (Å²) in [5.74, 6) is -1.23. The zero-order valence-electron chi connectivity index (χ0n) is 17.6. The monoisotopic (exact) mass is 497 g/mol. The fourth-order valence-electron chi connectivity index (χ4n) is 3.21. The van der Waals surface area contributed by atoms with E-state index in [1.54, 1.807) is 36.4 Å². The maximum atomic E-state index is 12.9. The molecule has 0 bridgehead atoms. The normalized spacial score (nSPS) is 10.6. The average Bonchev–Trinajstić information content (AvgIpc) is 3.28. The number of methoxy groups -OCH3 is 1. The van der Waals surface area contributed by atoms with Crippen LogP contribution in [0.3, 0.4) is 0 Å². The van der Waals surface area contributed by atoms with E-state index in [0.29, 0.717) is 20.9 Å². The van der Waals surface area contributed by atoms with Crippen molar-refractivity contribution in [2.75, 3.05) is 19.0 Å². The molecule has 0 radical (unpaired) electrons. The number of nitro benzene ring substituents is 1. The Balaban J connectivity index is 1.52. The van der Waals surface area contributed by atoms with Gasteiger partial charge < -0.3 is 14.8 Å². The van der Waals surface area contributed by atoms with Gasteiger partial charge in [-0.2, -0.15) is 0 Å². The largest absolute Gasteiger partial charge is 0.494 e. The third kappa shape index (κ3) is 4.98. The molecule has 0 saturated carbocycles. The van der Waals surface area contributed by atoms with Crippen LogP contribution >= 0.6 is 22.9 Å². The van der Waals surface area contributed by atoms with Gasteiger partial charge in [0.15, 0.2) is 6.61 Å². The van der Waals surface area contributed by atoms with E-state index < -0.39 is 23.4 Å². The highest BCUT2D eigenvalue weighted by Gasteiger charge is 2.18. The lowest BCUT2D eigenvalue weighted by atomic mass is 10.1. The maximum absolute atomic E-state index is 12.9. The van der Waals surface area contributed by atoms with Crippen LogP contribution in [-0.4, -0.2) is 35.5 Å². The highest BCUT2D eigenvalue weighted by atomic mass is 35.5. The molecule has 2 aromatic heterocycles. The number of nitrogens with one attached hydrogen (secondary N) is 1. The number of halogens is 1. The number of pyridine rings is 1. The summed E-state index contributed by atoms with van der Waals surface area (Å²) in [6.45, 7) is -0.574. The summed E-state index contributed by atoms with van der Waals surface area (Å²) in [4.78, 5) is 41.0. The van der Waals surface area contributed by atoms with Gasteiger partial charge in [-0.05, 0) is 30.3 Å². The molecule has 0 aliphatic heterocycles. The van der Waals surface area contributed by atoms with Crippen molar-refractivity contribution in [2.45, 2.75) is 0 Å². The molecule has 0 unspecified atom stereocenters. The van der Waals surface area contributed by atoms with Gasteiger partial charge in [0.05, 0.1) is 49.8 Å². The molecule has 0 saturated heterocycles. The summed E-state index contributed by atoms with van der Waals surface area (Å²) in [5, 5.41) is 14.0. The summed E-state index contributed by atoms with van der Waals surface area (Å²) >= 11 is 7.37.